The zero-order valence-corrected chi connectivity index (χ0v) is 16.0. The summed E-state index contributed by atoms with van der Waals surface area (Å²) in [6.07, 6.45) is 2.73. The van der Waals surface area contributed by atoms with Crippen molar-refractivity contribution in [3.05, 3.63) is 96.1 Å². The first kappa shape index (κ1) is 19.9. The molecule has 0 saturated heterocycles. The van der Waals surface area contributed by atoms with E-state index in [1.165, 1.54) is 12.3 Å². The van der Waals surface area contributed by atoms with Gasteiger partial charge in [-0.15, -0.1) is 0 Å². The summed E-state index contributed by atoms with van der Waals surface area (Å²) < 4.78 is 11.0. The monoisotopic (exact) mass is 390 g/mol. The van der Waals surface area contributed by atoms with Gasteiger partial charge >= 0.3 is 0 Å². The van der Waals surface area contributed by atoms with E-state index in [0.29, 0.717) is 11.3 Å². The lowest BCUT2D eigenvalue weighted by atomic mass is 10.2. The molecule has 6 nitrogen and oxygen atoms in total. The highest BCUT2D eigenvalue weighted by atomic mass is 16.5. The summed E-state index contributed by atoms with van der Waals surface area (Å²) >= 11 is 0. The van der Waals surface area contributed by atoms with Crippen LogP contribution in [0.5, 0.6) is 5.75 Å². The van der Waals surface area contributed by atoms with Crippen LogP contribution in [0, 0.1) is 0 Å². The first-order valence-corrected chi connectivity index (χ1v) is 9.23. The number of para-hydroxylation sites is 1. The molecule has 0 saturated carbocycles. The lowest BCUT2D eigenvalue weighted by Crippen LogP contribution is -2.39. The maximum Gasteiger partial charge on any atom is 0.268 e. The van der Waals surface area contributed by atoms with Gasteiger partial charge in [0.05, 0.1) is 12.8 Å². The van der Waals surface area contributed by atoms with Crippen LogP contribution in [0.25, 0.3) is 6.08 Å². The molecule has 2 N–H and O–H groups in total. The normalized spacial score (nSPS) is 12.1. The summed E-state index contributed by atoms with van der Waals surface area (Å²) in [6.45, 7) is 2.12. The highest BCUT2D eigenvalue weighted by Gasteiger charge is 2.16. The van der Waals surface area contributed by atoms with Crippen molar-refractivity contribution in [2.24, 2.45) is 0 Å². The van der Waals surface area contributed by atoms with Gasteiger partial charge < -0.3 is 19.8 Å². The minimum atomic E-state index is -0.436. The Hall–Kier alpha value is -3.80. The zero-order valence-electron chi connectivity index (χ0n) is 16.0. The molecule has 0 radical (unpaired) electrons. The van der Waals surface area contributed by atoms with Crippen molar-refractivity contribution >= 4 is 17.9 Å². The van der Waals surface area contributed by atoms with Crippen LogP contribution in [0.3, 0.4) is 0 Å². The van der Waals surface area contributed by atoms with Gasteiger partial charge in [0.1, 0.15) is 23.3 Å². The highest BCUT2D eigenvalue weighted by Crippen LogP contribution is 2.11. The maximum atomic E-state index is 12.7. The van der Waals surface area contributed by atoms with Crippen LogP contribution in [0.1, 0.15) is 23.0 Å². The number of nitrogens with one attached hydrogen (secondary N) is 2. The maximum absolute atomic E-state index is 12.7. The molecule has 29 heavy (non-hydrogen) atoms. The second-order valence-electron chi connectivity index (χ2n) is 6.35. The van der Waals surface area contributed by atoms with Crippen LogP contribution in [0.2, 0.25) is 0 Å². The minimum Gasteiger partial charge on any atom is -0.489 e. The number of rotatable bonds is 8. The Balaban J connectivity index is 1.65. The van der Waals surface area contributed by atoms with E-state index in [1.807, 2.05) is 43.3 Å². The summed E-state index contributed by atoms with van der Waals surface area (Å²) in [4.78, 5) is 25.2. The molecule has 0 spiro atoms. The van der Waals surface area contributed by atoms with Crippen LogP contribution >= 0.6 is 0 Å². The summed E-state index contributed by atoms with van der Waals surface area (Å²) in [6, 6.07) is 21.4. The van der Waals surface area contributed by atoms with Crippen LogP contribution in [-0.2, 0) is 4.79 Å². The summed E-state index contributed by atoms with van der Waals surface area (Å²) in [7, 11) is 0. The summed E-state index contributed by atoms with van der Waals surface area (Å²) in [5, 5.41) is 5.44. The highest BCUT2D eigenvalue weighted by molar-refractivity contribution is 6.05. The molecule has 2 aromatic carbocycles. The molecular weight excluding hydrogens is 368 g/mol. The van der Waals surface area contributed by atoms with Crippen molar-refractivity contribution in [2.75, 3.05) is 6.54 Å². The van der Waals surface area contributed by atoms with E-state index in [2.05, 4.69) is 10.6 Å². The average molecular weight is 390 g/mol. The van der Waals surface area contributed by atoms with E-state index in [1.54, 1.807) is 36.4 Å². The molecule has 148 valence electrons. The number of ether oxygens (including phenoxy) is 1. The smallest absolute Gasteiger partial charge is 0.268 e. The second-order valence-corrected chi connectivity index (χ2v) is 6.35. The Kier molecular flexibility index (Phi) is 6.84. The van der Waals surface area contributed by atoms with Crippen LogP contribution in [0.4, 0.5) is 0 Å². The molecule has 0 aliphatic heterocycles. The van der Waals surface area contributed by atoms with Gasteiger partial charge in [0.2, 0.25) is 0 Å². The van der Waals surface area contributed by atoms with Gasteiger partial charge in [0, 0.05) is 11.6 Å². The SMILES string of the molecule is CC(CNC(=O)/C(=C/c1ccco1)NC(=O)c1ccccc1)Oc1ccccc1. The fraction of sp³-hybridized carbons (Fsp3) is 0.130. The molecular formula is C23H22N2O4. The Morgan fingerprint density at radius 1 is 1.00 bits per heavy atom. The Labute approximate surface area is 169 Å². The third-order valence-electron chi connectivity index (χ3n) is 3.99. The first-order valence-electron chi connectivity index (χ1n) is 9.23. The molecule has 0 bridgehead atoms. The second kappa shape index (κ2) is 9.94. The molecule has 1 atom stereocenters. The van der Waals surface area contributed by atoms with Crippen LogP contribution in [-0.4, -0.2) is 24.5 Å². The van der Waals surface area contributed by atoms with Crippen molar-refractivity contribution in [3.8, 4) is 5.75 Å². The number of carbonyl (C=O) groups excluding carboxylic acids is 2. The van der Waals surface area contributed by atoms with Crippen molar-refractivity contribution in [1.82, 2.24) is 10.6 Å². The lowest BCUT2D eigenvalue weighted by Gasteiger charge is -2.16. The summed E-state index contributed by atoms with van der Waals surface area (Å²) in [5.74, 6) is 0.358. The van der Waals surface area contributed by atoms with Gasteiger partial charge in [0.25, 0.3) is 11.8 Å². The average Bonchev–Trinajstić information content (AvgIpc) is 3.26. The van der Waals surface area contributed by atoms with Crippen molar-refractivity contribution in [1.29, 1.82) is 0 Å². The number of benzene rings is 2. The fourth-order valence-electron chi connectivity index (χ4n) is 2.56. The minimum absolute atomic E-state index is 0.0840. The fourth-order valence-corrected chi connectivity index (χ4v) is 2.56. The molecule has 0 aliphatic rings. The van der Waals surface area contributed by atoms with E-state index in [0.717, 1.165) is 5.75 Å². The van der Waals surface area contributed by atoms with Gasteiger partial charge in [-0.3, -0.25) is 9.59 Å². The number of hydrogen-bond donors (Lipinski definition) is 2. The lowest BCUT2D eigenvalue weighted by molar-refractivity contribution is -0.118. The van der Waals surface area contributed by atoms with E-state index in [4.69, 9.17) is 9.15 Å². The third-order valence-corrected chi connectivity index (χ3v) is 3.99. The predicted octanol–water partition coefficient (Wildman–Crippen LogP) is 3.63. The molecule has 2 amide bonds. The molecule has 1 aromatic heterocycles. The van der Waals surface area contributed by atoms with Crippen molar-refractivity contribution in [2.45, 2.75) is 13.0 Å². The Bertz CT molecular complexity index is 951. The van der Waals surface area contributed by atoms with E-state index < -0.39 is 5.91 Å². The van der Waals surface area contributed by atoms with E-state index in [9.17, 15) is 9.59 Å². The van der Waals surface area contributed by atoms with Gasteiger partial charge in [-0.05, 0) is 43.3 Å². The quantitative estimate of drug-likeness (QED) is 0.576. The predicted molar refractivity (Wildman–Crippen MR) is 110 cm³/mol. The number of amides is 2. The number of hydrogen-bond acceptors (Lipinski definition) is 4. The molecule has 0 aliphatic carbocycles. The largest absolute Gasteiger partial charge is 0.489 e. The van der Waals surface area contributed by atoms with Crippen LogP contribution in [0.15, 0.2) is 89.2 Å². The van der Waals surface area contributed by atoms with Crippen molar-refractivity contribution < 1.29 is 18.7 Å². The molecule has 1 unspecified atom stereocenters. The number of furan rings is 1. The zero-order chi connectivity index (χ0) is 20.5. The molecule has 0 fully saturated rings. The topological polar surface area (TPSA) is 80.6 Å². The molecule has 3 rings (SSSR count). The van der Waals surface area contributed by atoms with Gasteiger partial charge in [-0.2, -0.15) is 0 Å². The van der Waals surface area contributed by atoms with Gasteiger partial charge in [0.15, 0.2) is 0 Å². The standard InChI is InChI=1S/C23H22N2O4/c1-17(29-19-11-6-3-7-12-19)16-24-23(27)21(15-20-13-8-14-28-20)25-22(26)18-9-4-2-5-10-18/h2-15,17H,16H2,1H3,(H,24,27)(H,25,26)/b21-15-. The summed E-state index contributed by atoms with van der Waals surface area (Å²) in [5.41, 5.74) is 0.534. The number of carbonyl (C=O) groups is 2. The van der Waals surface area contributed by atoms with E-state index >= 15 is 0 Å². The van der Waals surface area contributed by atoms with Gasteiger partial charge in [-0.25, -0.2) is 0 Å². The molecule has 6 heteroatoms. The van der Waals surface area contributed by atoms with E-state index in [-0.39, 0.29) is 24.3 Å². The Morgan fingerprint density at radius 2 is 1.69 bits per heavy atom. The first-order chi connectivity index (χ1) is 14.1. The van der Waals surface area contributed by atoms with Gasteiger partial charge in [-0.1, -0.05) is 36.4 Å². The van der Waals surface area contributed by atoms with Crippen molar-refractivity contribution in [3.63, 3.8) is 0 Å². The molecule has 1 heterocycles. The third kappa shape index (κ3) is 6.10. The molecule has 3 aromatic rings. The van der Waals surface area contributed by atoms with Crippen LogP contribution < -0.4 is 15.4 Å². The Morgan fingerprint density at radius 3 is 2.34 bits per heavy atom.